The van der Waals surface area contributed by atoms with Crippen molar-refractivity contribution >= 4 is 23.2 Å². The summed E-state index contributed by atoms with van der Waals surface area (Å²) < 4.78 is 0. The third kappa shape index (κ3) is 6.07. The number of hydrogen-bond donors (Lipinski definition) is 2. The lowest BCUT2D eigenvalue weighted by Gasteiger charge is -2.44. The molecule has 0 radical (unpaired) electrons. The van der Waals surface area contributed by atoms with Crippen LogP contribution in [0.25, 0.3) is 0 Å². The fourth-order valence-corrected chi connectivity index (χ4v) is 6.18. The molecule has 3 rings (SSSR count). The minimum atomic E-state index is 0.0905. The van der Waals surface area contributed by atoms with Crippen molar-refractivity contribution in [3.8, 4) is 0 Å². The molecule has 0 unspecified atom stereocenters. The number of amides is 2. The van der Waals surface area contributed by atoms with Gasteiger partial charge < -0.3 is 10.6 Å². The Morgan fingerprint density at radius 3 is 2.07 bits per heavy atom. The van der Waals surface area contributed by atoms with Gasteiger partial charge in [0.05, 0.1) is 5.54 Å². The van der Waals surface area contributed by atoms with E-state index in [4.69, 9.17) is 0 Å². The summed E-state index contributed by atoms with van der Waals surface area (Å²) in [6.07, 6.45) is 10.2. The summed E-state index contributed by atoms with van der Waals surface area (Å²) in [5.41, 5.74) is 0.102. The Balaban J connectivity index is 1.34. The van der Waals surface area contributed by atoms with Crippen LogP contribution in [0.15, 0.2) is 17.5 Å². The standard InChI is InChI=1S/C24H39N3O2S/c1-18-9-11-19(12-10-18)25-22(28)7-4-8-23(29)26-20-13-15-24(16-14-20,27(2)3)21-6-5-17-30-21/h5-6,17-20H,4,7-16H2,1-3H3,(H,25,28)(H,26,29). The normalized spacial score (nSPS) is 29.5. The highest BCUT2D eigenvalue weighted by Gasteiger charge is 2.39. The Morgan fingerprint density at radius 2 is 1.57 bits per heavy atom. The van der Waals surface area contributed by atoms with Gasteiger partial charge in [-0.25, -0.2) is 0 Å². The lowest BCUT2D eigenvalue weighted by molar-refractivity contribution is -0.123. The van der Waals surface area contributed by atoms with E-state index in [1.54, 1.807) is 0 Å². The number of thiophene rings is 1. The average molecular weight is 434 g/mol. The third-order valence-corrected chi connectivity index (χ3v) is 8.27. The van der Waals surface area contributed by atoms with Gasteiger partial charge in [0.2, 0.25) is 11.8 Å². The highest BCUT2D eigenvalue weighted by molar-refractivity contribution is 7.10. The van der Waals surface area contributed by atoms with Crippen molar-refractivity contribution in [3.63, 3.8) is 0 Å². The van der Waals surface area contributed by atoms with Crippen LogP contribution in [-0.4, -0.2) is 42.9 Å². The van der Waals surface area contributed by atoms with Crippen LogP contribution in [-0.2, 0) is 15.1 Å². The van der Waals surface area contributed by atoms with Gasteiger partial charge in [-0.15, -0.1) is 11.3 Å². The molecule has 1 aromatic rings. The fourth-order valence-electron chi connectivity index (χ4n) is 5.11. The molecule has 30 heavy (non-hydrogen) atoms. The summed E-state index contributed by atoms with van der Waals surface area (Å²) in [6, 6.07) is 4.96. The number of rotatable bonds is 8. The number of carbonyl (C=O) groups is 2. The first kappa shape index (κ1) is 23.3. The van der Waals surface area contributed by atoms with Crippen molar-refractivity contribution in [3.05, 3.63) is 22.4 Å². The summed E-state index contributed by atoms with van der Waals surface area (Å²) >= 11 is 1.83. The van der Waals surface area contributed by atoms with Crippen LogP contribution in [0.4, 0.5) is 0 Å². The number of nitrogens with one attached hydrogen (secondary N) is 2. The molecular formula is C24H39N3O2S. The lowest BCUT2D eigenvalue weighted by atomic mass is 9.77. The van der Waals surface area contributed by atoms with Gasteiger partial charge in [0, 0.05) is 29.8 Å². The first-order chi connectivity index (χ1) is 14.4. The van der Waals surface area contributed by atoms with E-state index in [1.165, 1.54) is 17.7 Å². The van der Waals surface area contributed by atoms with Crippen LogP contribution in [0, 0.1) is 5.92 Å². The molecule has 0 bridgehead atoms. The van der Waals surface area contributed by atoms with E-state index in [0.717, 1.165) is 44.4 Å². The maximum atomic E-state index is 12.4. The Labute approximate surface area is 186 Å². The summed E-state index contributed by atoms with van der Waals surface area (Å²) in [6.45, 7) is 2.28. The van der Waals surface area contributed by atoms with Crippen LogP contribution in [0.3, 0.4) is 0 Å². The molecule has 0 atom stereocenters. The molecule has 0 aliphatic heterocycles. The van der Waals surface area contributed by atoms with Gasteiger partial charge in [0.15, 0.2) is 0 Å². The largest absolute Gasteiger partial charge is 0.353 e. The van der Waals surface area contributed by atoms with Crippen molar-refractivity contribution in [2.45, 2.75) is 95.2 Å². The van der Waals surface area contributed by atoms with Gasteiger partial charge in [0.1, 0.15) is 0 Å². The van der Waals surface area contributed by atoms with Gasteiger partial charge in [-0.2, -0.15) is 0 Å². The molecule has 2 aliphatic rings. The molecule has 2 aliphatic carbocycles. The molecule has 2 amide bonds. The Kier molecular flexibility index (Phi) is 8.35. The maximum absolute atomic E-state index is 12.4. The van der Waals surface area contributed by atoms with E-state index in [-0.39, 0.29) is 23.4 Å². The zero-order valence-corrected chi connectivity index (χ0v) is 19.7. The van der Waals surface area contributed by atoms with Crippen LogP contribution < -0.4 is 10.6 Å². The molecule has 0 spiro atoms. The summed E-state index contributed by atoms with van der Waals surface area (Å²) in [4.78, 5) is 28.3. The van der Waals surface area contributed by atoms with E-state index >= 15 is 0 Å². The zero-order chi connectivity index (χ0) is 21.6. The van der Waals surface area contributed by atoms with E-state index < -0.39 is 0 Å². The summed E-state index contributed by atoms with van der Waals surface area (Å²) in [5, 5.41) is 8.52. The van der Waals surface area contributed by atoms with E-state index in [2.05, 4.69) is 54.1 Å². The highest BCUT2D eigenvalue weighted by Crippen LogP contribution is 2.43. The third-order valence-electron chi connectivity index (χ3n) is 7.20. The minimum absolute atomic E-state index is 0.0905. The molecule has 1 heterocycles. The monoisotopic (exact) mass is 433 g/mol. The second-order valence-electron chi connectivity index (χ2n) is 9.62. The van der Waals surface area contributed by atoms with E-state index in [9.17, 15) is 9.59 Å². The Morgan fingerprint density at radius 1 is 1.00 bits per heavy atom. The second-order valence-corrected chi connectivity index (χ2v) is 10.6. The van der Waals surface area contributed by atoms with Gasteiger partial charge in [0.25, 0.3) is 0 Å². The van der Waals surface area contributed by atoms with E-state index in [1.807, 2.05) is 11.3 Å². The molecule has 2 fully saturated rings. The van der Waals surface area contributed by atoms with Crippen LogP contribution >= 0.6 is 11.3 Å². The predicted octanol–water partition coefficient (Wildman–Crippen LogP) is 4.43. The van der Waals surface area contributed by atoms with Crippen molar-refractivity contribution in [2.24, 2.45) is 5.92 Å². The Bertz CT molecular complexity index is 673. The van der Waals surface area contributed by atoms with Crippen molar-refractivity contribution in [1.82, 2.24) is 15.5 Å². The van der Waals surface area contributed by atoms with Crippen LogP contribution in [0.1, 0.15) is 82.4 Å². The van der Waals surface area contributed by atoms with E-state index in [0.29, 0.717) is 25.3 Å². The fraction of sp³-hybridized carbons (Fsp3) is 0.750. The minimum Gasteiger partial charge on any atom is -0.353 e. The first-order valence-corrected chi connectivity index (χ1v) is 12.6. The molecule has 0 aromatic carbocycles. The van der Waals surface area contributed by atoms with Gasteiger partial charge >= 0.3 is 0 Å². The number of carbonyl (C=O) groups excluding carboxylic acids is 2. The van der Waals surface area contributed by atoms with Crippen molar-refractivity contribution in [2.75, 3.05) is 14.1 Å². The van der Waals surface area contributed by atoms with Gasteiger partial charge in [-0.3, -0.25) is 14.5 Å². The zero-order valence-electron chi connectivity index (χ0n) is 18.9. The molecule has 2 saturated carbocycles. The van der Waals surface area contributed by atoms with Gasteiger partial charge in [-0.05, 0) is 89.2 Å². The predicted molar refractivity (Wildman–Crippen MR) is 123 cm³/mol. The number of nitrogens with zero attached hydrogens (tertiary/aromatic N) is 1. The molecule has 5 nitrogen and oxygen atoms in total. The lowest BCUT2D eigenvalue weighted by Crippen LogP contribution is -2.48. The molecule has 6 heteroatoms. The Hall–Kier alpha value is -1.40. The highest BCUT2D eigenvalue weighted by atomic mass is 32.1. The average Bonchev–Trinajstić information content (AvgIpc) is 3.25. The SMILES string of the molecule is CC1CCC(NC(=O)CCCC(=O)NC2CCC(c3cccs3)(N(C)C)CC2)CC1. The second kappa shape index (κ2) is 10.8. The first-order valence-electron chi connectivity index (χ1n) is 11.7. The topological polar surface area (TPSA) is 61.4 Å². The summed E-state index contributed by atoms with van der Waals surface area (Å²) in [5.74, 6) is 0.981. The molecule has 1 aromatic heterocycles. The maximum Gasteiger partial charge on any atom is 0.220 e. The van der Waals surface area contributed by atoms with Crippen molar-refractivity contribution in [1.29, 1.82) is 0 Å². The molecule has 2 N–H and O–H groups in total. The summed E-state index contributed by atoms with van der Waals surface area (Å²) in [7, 11) is 4.33. The van der Waals surface area contributed by atoms with Crippen LogP contribution in [0.5, 0.6) is 0 Å². The van der Waals surface area contributed by atoms with Crippen molar-refractivity contribution < 1.29 is 9.59 Å². The van der Waals surface area contributed by atoms with Crippen LogP contribution in [0.2, 0.25) is 0 Å². The molecule has 0 saturated heterocycles. The molecule has 168 valence electrons. The van der Waals surface area contributed by atoms with Gasteiger partial charge in [-0.1, -0.05) is 13.0 Å². The smallest absolute Gasteiger partial charge is 0.220 e. The quantitative estimate of drug-likeness (QED) is 0.638. The molecular weight excluding hydrogens is 394 g/mol. The number of hydrogen-bond acceptors (Lipinski definition) is 4.